The van der Waals surface area contributed by atoms with E-state index in [4.69, 9.17) is 9.47 Å². The van der Waals surface area contributed by atoms with Gasteiger partial charge in [0, 0.05) is 6.92 Å². The highest BCUT2D eigenvalue weighted by Crippen LogP contribution is 2.70. The van der Waals surface area contributed by atoms with Crippen LogP contribution in [0.25, 0.3) is 0 Å². The zero-order chi connectivity index (χ0) is 22.8. The number of esters is 1. The number of hydrogen-bond acceptors (Lipinski definition) is 3. The average molecular weight is 445 g/mol. The zero-order valence-corrected chi connectivity index (χ0v) is 21.6. The fourth-order valence-corrected chi connectivity index (χ4v) is 10.1. The van der Waals surface area contributed by atoms with Crippen LogP contribution in [0.1, 0.15) is 106 Å². The van der Waals surface area contributed by atoms with Crippen LogP contribution in [0.2, 0.25) is 0 Å². The van der Waals surface area contributed by atoms with E-state index in [-0.39, 0.29) is 12.1 Å². The molecule has 32 heavy (non-hydrogen) atoms. The van der Waals surface area contributed by atoms with Gasteiger partial charge in [-0.3, -0.25) is 4.79 Å². The standard InChI is InChI=1S/C29H48O3/c1-17(2)7-10-25-18(3)27-26(32-25)16-24-22-9-8-20-15-21(31-19(4)30)11-13-28(20,5)23(22)12-14-29(24,27)6/h17-18,20-27H,7-16H2,1-6H3/t18-,20?,21+,22-,23+,24+,25?,26+,27+,28+,29+/m1/s1. The molecule has 2 unspecified atom stereocenters. The first kappa shape index (κ1) is 23.2. The van der Waals surface area contributed by atoms with Crippen molar-refractivity contribution < 1.29 is 14.3 Å². The quantitative estimate of drug-likeness (QED) is 0.437. The van der Waals surface area contributed by atoms with Crippen molar-refractivity contribution in [3.8, 4) is 0 Å². The summed E-state index contributed by atoms with van der Waals surface area (Å²) in [5.74, 6) is 5.51. The molecule has 4 saturated carbocycles. The van der Waals surface area contributed by atoms with E-state index in [0.29, 0.717) is 23.0 Å². The molecular weight excluding hydrogens is 396 g/mol. The van der Waals surface area contributed by atoms with Crippen LogP contribution < -0.4 is 0 Å². The molecule has 0 amide bonds. The predicted molar refractivity (Wildman–Crippen MR) is 128 cm³/mol. The summed E-state index contributed by atoms with van der Waals surface area (Å²) in [5.41, 5.74) is 0.931. The second kappa shape index (κ2) is 8.28. The Morgan fingerprint density at radius 3 is 2.50 bits per heavy atom. The van der Waals surface area contributed by atoms with E-state index >= 15 is 0 Å². The lowest BCUT2D eigenvalue weighted by molar-refractivity contribution is -0.160. The van der Waals surface area contributed by atoms with Gasteiger partial charge in [-0.05, 0) is 116 Å². The van der Waals surface area contributed by atoms with E-state index in [0.717, 1.165) is 54.3 Å². The van der Waals surface area contributed by atoms with Gasteiger partial charge in [-0.25, -0.2) is 0 Å². The minimum Gasteiger partial charge on any atom is -0.463 e. The van der Waals surface area contributed by atoms with E-state index in [9.17, 15) is 4.79 Å². The van der Waals surface area contributed by atoms with Gasteiger partial charge in [0.15, 0.2) is 0 Å². The molecule has 1 aliphatic heterocycles. The van der Waals surface area contributed by atoms with Crippen LogP contribution in [-0.2, 0) is 14.3 Å². The SMILES string of the molecule is CC(=O)O[C@H]1CC[C@@]2(C)C(CC[C@H]3[C@@H]4C[C@@H]5OC(CCC(C)C)[C@@H](C)[C@@H]5[C@@]4(C)CC[C@@H]32)C1. The second-order valence-corrected chi connectivity index (χ2v) is 13.5. The third-order valence-electron chi connectivity index (χ3n) is 11.6. The van der Waals surface area contributed by atoms with Gasteiger partial charge in [0.1, 0.15) is 6.10 Å². The number of carbonyl (C=O) groups excluding carboxylic acids is 1. The van der Waals surface area contributed by atoms with Gasteiger partial charge in [-0.15, -0.1) is 0 Å². The molecule has 5 aliphatic rings. The minimum absolute atomic E-state index is 0.0981. The van der Waals surface area contributed by atoms with Gasteiger partial charge in [-0.2, -0.15) is 0 Å². The largest absolute Gasteiger partial charge is 0.463 e. The van der Waals surface area contributed by atoms with Gasteiger partial charge in [0.05, 0.1) is 12.2 Å². The first-order valence-corrected chi connectivity index (χ1v) is 14.0. The lowest BCUT2D eigenvalue weighted by Gasteiger charge is -2.61. The Kier molecular flexibility index (Phi) is 6.00. The highest BCUT2D eigenvalue weighted by atomic mass is 16.5. The smallest absolute Gasteiger partial charge is 0.302 e. The molecule has 3 heteroatoms. The van der Waals surface area contributed by atoms with E-state index in [1.54, 1.807) is 6.92 Å². The van der Waals surface area contributed by atoms with E-state index in [1.165, 1.54) is 51.4 Å². The lowest BCUT2D eigenvalue weighted by atomic mass is 9.44. The number of ether oxygens (including phenoxy) is 2. The van der Waals surface area contributed by atoms with Gasteiger partial charge < -0.3 is 9.47 Å². The van der Waals surface area contributed by atoms with Crippen molar-refractivity contribution >= 4 is 5.97 Å². The molecule has 5 rings (SSSR count). The molecular formula is C29H48O3. The molecule has 3 nitrogen and oxygen atoms in total. The first-order valence-electron chi connectivity index (χ1n) is 14.0. The molecule has 11 atom stereocenters. The Bertz CT molecular complexity index is 717. The maximum atomic E-state index is 11.5. The summed E-state index contributed by atoms with van der Waals surface area (Å²) in [4.78, 5) is 11.5. The summed E-state index contributed by atoms with van der Waals surface area (Å²) in [7, 11) is 0. The van der Waals surface area contributed by atoms with Crippen molar-refractivity contribution in [1.29, 1.82) is 0 Å². The molecule has 0 bridgehead atoms. The monoisotopic (exact) mass is 444 g/mol. The summed E-state index contributed by atoms with van der Waals surface area (Å²) in [6, 6.07) is 0. The molecule has 0 radical (unpaired) electrons. The molecule has 0 spiro atoms. The average Bonchev–Trinajstić information content (AvgIpc) is 3.20. The maximum absolute atomic E-state index is 11.5. The normalized spacial score (nSPS) is 52.2. The molecule has 1 saturated heterocycles. The summed E-state index contributed by atoms with van der Waals surface area (Å²) in [5, 5.41) is 0. The molecule has 5 fully saturated rings. The van der Waals surface area contributed by atoms with Gasteiger partial charge >= 0.3 is 5.97 Å². The van der Waals surface area contributed by atoms with Crippen LogP contribution in [0.15, 0.2) is 0 Å². The van der Waals surface area contributed by atoms with Crippen molar-refractivity contribution in [1.82, 2.24) is 0 Å². The fourth-order valence-electron chi connectivity index (χ4n) is 10.1. The van der Waals surface area contributed by atoms with E-state index in [1.807, 2.05) is 0 Å². The Balaban J connectivity index is 1.30. The van der Waals surface area contributed by atoms with Crippen molar-refractivity contribution in [3.63, 3.8) is 0 Å². The van der Waals surface area contributed by atoms with Crippen LogP contribution in [0.4, 0.5) is 0 Å². The van der Waals surface area contributed by atoms with Crippen LogP contribution in [-0.4, -0.2) is 24.3 Å². The van der Waals surface area contributed by atoms with Crippen molar-refractivity contribution in [3.05, 3.63) is 0 Å². The highest BCUT2D eigenvalue weighted by molar-refractivity contribution is 5.66. The molecule has 0 aromatic rings. The summed E-state index contributed by atoms with van der Waals surface area (Å²) in [6.07, 6.45) is 14.0. The number of carbonyl (C=O) groups is 1. The molecule has 0 aromatic carbocycles. The Morgan fingerprint density at radius 2 is 1.78 bits per heavy atom. The Morgan fingerprint density at radius 1 is 1.03 bits per heavy atom. The first-order chi connectivity index (χ1) is 15.1. The number of fused-ring (bicyclic) bond motifs is 7. The highest BCUT2D eigenvalue weighted by Gasteiger charge is 2.65. The molecule has 0 aromatic heterocycles. The van der Waals surface area contributed by atoms with Gasteiger partial charge in [0.2, 0.25) is 0 Å². The van der Waals surface area contributed by atoms with Crippen LogP contribution in [0, 0.1) is 52.3 Å². The summed E-state index contributed by atoms with van der Waals surface area (Å²) >= 11 is 0. The number of hydrogen-bond donors (Lipinski definition) is 0. The minimum atomic E-state index is -0.0981. The van der Waals surface area contributed by atoms with Crippen molar-refractivity contribution in [2.75, 3.05) is 0 Å². The topological polar surface area (TPSA) is 35.5 Å². The van der Waals surface area contributed by atoms with Crippen molar-refractivity contribution in [2.45, 2.75) is 124 Å². The summed E-state index contributed by atoms with van der Waals surface area (Å²) < 4.78 is 12.5. The van der Waals surface area contributed by atoms with Crippen molar-refractivity contribution in [2.24, 2.45) is 52.3 Å². The van der Waals surface area contributed by atoms with Crippen LogP contribution >= 0.6 is 0 Å². The third kappa shape index (κ3) is 3.59. The number of rotatable bonds is 4. The van der Waals surface area contributed by atoms with E-state index in [2.05, 4.69) is 34.6 Å². The maximum Gasteiger partial charge on any atom is 0.302 e. The second-order valence-electron chi connectivity index (χ2n) is 13.5. The lowest BCUT2D eigenvalue weighted by Crippen LogP contribution is -2.54. The van der Waals surface area contributed by atoms with Gasteiger partial charge in [0.25, 0.3) is 0 Å². The van der Waals surface area contributed by atoms with Gasteiger partial charge in [-0.1, -0.05) is 34.6 Å². The molecule has 1 heterocycles. The molecule has 0 N–H and O–H groups in total. The molecule has 4 aliphatic carbocycles. The Labute approximate surface area is 196 Å². The van der Waals surface area contributed by atoms with E-state index < -0.39 is 0 Å². The van der Waals surface area contributed by atoms with Crippen LogP contribution in [0.3, 0.4) is 0 Å². The third-order valence-corrected chi connectivity index (χ3v) is 11.6. The van der Waals surface area contributed by atoms with Crippen LogP contribution in [0.5, 0.6) is 0 Å². The predicted octanol–water partition coefficient (Wildman–Crippen LogP) is 7.03. The fraction of sp³-hybridized carbons (Fsp3) is 0.966. The Hall–Kier alpha value is -0.570. The molecule has 182 valence electrons. The zero-order valence-electron chi connectivity index (χ0n) is 21.6. The summed E-state index contributed by atoms with van der Waals surface area (Å²) in [6.45, 7) is 14.0.